The van der Waals surface area contributed by atoms with Crippen molar-refractivity contribution in [2.75, 3.05) is 19.0 Å². The number of hydrogen-bond acceptors (Lipinski definition) is 4. The Kier molecular flexibility index (Phi) is 4.03. The van der Waals surface area contributed by atoms with Gasteiger partial charge in [-0.2, -0.15) is 5.11 Å². The van der Waals surface area contributed by atoms with Gasteiger partial charge in [-0.05, 0) is 30.3 Å². The Morgan fingerprint density at radius 3 is 2.37 bits per heavy atom. The van der Waals surface area contributed by atoms with Crippen molar-refractivity contribution in [3.63, 3.8) is 0 Å². The van der Waals surface area contributed by atoms with Crippen molar-refractivity contribution in [1.82, 2.24) is 0 Å². The first-order chi connectivity index (χ1) is 9.20. The topological polar surface area (TPSA) is 45.0 Å². The molecule has 0 fully saturated rings. The van der Waals surface area contributed by atoms with Crippen LogP contribution in [0.3, 0.4) is 0 Å². The zero-order valence-corrected chi connectivity index (χ0v) is 10.9. The van der Waals surface area contributed by atoms with Crippen molar-refractivity contribution in [3.8, 4) is 0 Å². The normalized spacial score (nSPS) is 10.6. The fourth-order valence-electron chi connectivity index (χ4n) is 1.60. The lowest BCUT2D eigenvalue weighted by Crippen LogP contribution is -2.08. The summed E-state index contributed by atoms with van der Waals surface area (Å²) < 4.78 is 0. The molecule has 0 radical (unpaired) electrons. The molecule has 0 aliphatic heterocycles. The molecule has 0 saturated carbocycles. The number of azo groups is 1. The van der Waals surface area contributed by atoms with Gasteiger partial charge in [0.25, 0.3) is 0 Å². The average molecular weight is 253 g/mol. The third-order valence-electron chi connectivity index (χ3n) is 2.69. The van der Waals surface area contributed by atoms with Gasteiger partial charge in [0.05, 0.1) is 11.4 Å². The molecule has 2 aromatic rings. The minimum absolute atomic E-state index is 0.533. The van der Waals surface area contributed by atoms with E-state index in [9.17, 15) is 4.79 Å². The Morgan fingerprint density at radius 1 is 1.00 bits per heavy atom. The zero-order valence-electron chi connectivity index (χ0n) is 10.9. The fraction of sp³-hybridized carbons (Fsp3) is 0.133. The van der Waals surface area contributed by atoms with Crippen molar-refractivity contribution >= 4 is 23.3 Å². The molecule has 4 nitrogen and oxygen atoms in total. The van der Waals surface area contributed by atoms with Crippen molar-refractivity contribution in [3.05, 3.63) is 54.1 Å². The highest BCUT2D eigenvalue weighted by Crippen LogP contribution is 2.26. The summed E-state index contributed by atoms with van der Waals surface area (Å²) in [5.41, 5.74) is 2.84. The number of aldehydes is 1. The SMILES string of the molecule is CN(C)c1ccc(C=O)c(N=Nc2ccccc2)c1. The maximum atomic E-state index is 11.0. The van der Waals surface area contributed by atoms with Crippen LogP contribution in [0, 0.1) is 0 Å². The van der Waals surface area contributed by atoms with Crippen LogP contribution in [0.2, 0.25) is 0 Å². The summed E-state index contributed by atoms with van der Waals surface area (Å²) in [4.78, 5) is 13.0. The van der Waals surface area contributed by atoms with Gasteiger partial charge in [-0.1, -0.05) is 18.2 Å². The minimum atomic E-state index is 0.533. The predicted octanol–water partition coefficient (Wildman–Crippen LogP) is 3.98. The van der Waals surface area contributed by atoms with Crippen LogP contribution >= 0.6 is 0 Å². The molecule has 0 atom stereocenters. The van der Waals surface area contributed by atoms with Crippen molar-refractivity contribution < 1.29 is 4.79 Å². The van der Waals surface area contributed by atoms with Crippen LogP contribution in [0.1, 0.15) is 10.4 Å². The van der Waals surface area contributed by atoms with Gasteiger partial charge in [0, 0.05) is 25.3 Å². The maximum Gasteiger partial charge on any atom is 0.152 e. The quantitative estimate of drug-likeness (QED) is 0.611. The summed E-state index contributed by atoms with van der Waals surface area (Å²) in [6.07, 6.45) is 0.790. The molecule has 0 unspecified atom stereocenters. The van der Waals surface area contributed by atoms with Gasteiger partial charge in [0.15, 0.2) is 6.29 Å². The molecule has 2 rings (SSSR count). The first-order valence-corrected chi connectivity index (χ1v) is 5.94. The molecule has 0 aliphatic rings. The monoisotopic (exact) mass is 253 g/mol. The molecule has 0 spiro atoms. The highest BCUT2D eigenvalue weighted by molar-refractivity contribution is 5.84. The maximum absolute atomic E-state index is 11.0. The van der Waals surface area contributed by atoms with E-state index in [0.29, 0.717) is 11.3 Å². The van der Waals surface area contributed by atoms with E-state index < -0.39 is 0 Å². The fourth-order valence-corrected chi connectivity index (χ4v) is 1.60. The van der Waals surface area contributed by atoms with Crippen molar-refractivity contribution in [1.29, 1.82) is 0 Å². The van der Waals surface area contributed by atoms with E-state index in [1.165, 1.54) is 0 Å². The molecule has 96 valence electrons. The number of carbonyl (C=O) groups is 1. The molecule has 19 heavy (non-hydrogen) atoms. The van der Waals surface area contributed by atoms with E-state index in [1.54, 1.807) is 6.07 Å². The first-order valence-electron chi connectivity index (χ1n) is 5.94. The van der Waals surface area contributed by atoms with Gasteiger partial charge < -0.3 is 4.90 Å². The van der Waals surface area contributed by atoms with Crippen LogP contribution < -0.4 is 4.90 Å². The highest BCUT2D eigenvalue weighted by atomic mass is 16.1. The summed E-state index contributed by atoms with van der Waals surface area (Å²) in [7, 11) is 3.88. The number of rotatable bonds is 4. The Labute approximate surface area is 112 Å². The number of carbonyl (C=O) groups excluding carboxylic acids is 1. The van der Waals surface area contributed by atoms with E-state index in [1.807, 2.05) is 61.5 Å². The molecular weight excluding hydrogens is 238 g/mol. The second-order valence-electron chi connectivity index (χ2n) is 4.29. The predicted molar refractivity (Wildman–Crippen MR) is 76.8 cm³/mol. The van der Waals surface area contributed by atoms with E-state index in [-0.39, 0.29) is 0 Å². The van der Waals surface area contributed by atoms with Crippen molar-refractivity contribution in [2.45, 2.75) is 0 Å². The lowest BCUT2D eigenvalue weighted by Gasteiger charge is -2.12. The highest BCUT2D eigenvalue weighted by Gasteiger charge is 2.04. The number of nitrogens with zero attached hydrogens (tertiary/aromatic N) is 3. The molecule has 4 heteroatoms. The molecule has 0 aliphatic carbocycles. The van der Waals surface area contributed by atoms with E-state index >= 15 is 0 Å². The summed E-state index contributed by atoms with van der Waals surface area (Å²) >= 11 is 0. The third-order valence-corrected chi connectivity index (χ3v) is 2.69. The Hall–Kier alpha value is -2.49. The Bertz CT molecular complexity index is 592. The number of benzene rings is 2. The minimum Gasteiger partial charge on any atom is -0.378 e. The molecule has 0 heterocycles. The van der Waals surface area contributed by atoms with Gasteiger partial charge in [-0.3, -0.25) is 4.79 Å². The van der Waals surface area contributed by atoms with Crippen molar-refractivity contribution in [2.24, 2.45) is 10.2 Å². The van der Waals surface area contributed by atoms with Gasteiger partial charge >= 0.3 is 0 Å². The summed E-state index contributed by atoms with van der Waals surface area (Å²) in [5.74, 6) is 0. The standard InChI is InChI=1S/C15H15N3O/c1-18(2)14-9-8-12(11-19)15(10-14)17-16-13-6-4-3-5-7-13/h3-11H,1-2H3. The molecular formula is C15H15N3O. The van der Waals surface area contributed by atoms with Gasteiger partial charge in [0.1, 0.15) is 0 Å². The molecule has 0 N–H and O–H groups in total. The molecule has 0 bridgehead atoms. The second kappa shape index (κ2) is 5.91. The van der Waals surface area contributed by atoms with E-state index in [4.69, 9.17) is 0 Å². The second-order valence-corrected chi connectivity index (χ2v) is 4.29. The summed E-state index contributed by atoms with van der Waals surface area (Å²) in [6.45, 7) is 0. The average Bonchev–Trinajstić information content (AvgIpc) is 2.45. The largest absolute Gasteiger partial charge is 0.378 e. The van der Waals surface area contributed by atoms with Crippen LogP contribution in [0.4, 0.5) is 17.1 Å². The lowest BCUT2D eigenvalue weighted by atomic mass is 10.2. The lowest BCUT2D eigenvalue weighted by molar-refractivity contribution is 0.112. The van der Waals surface area contributed by atoms with Crippen LogP contribution in [-0.4, -0.2) is 20.4 Å². The number of hydrogen-bond donors (Lipinski definition) is 0. The Morgan fingerprint density at radius 2 is 1.74 bits per heavy atom. The molecule has 0 saturated heterocycles. The first kappa shape index (κ1) is 13.0. The zero-order chi connectivity index (χ0) is 13.7. The smallest absolute Gasteiger partial charge is 0.152 e. The molecule has 0 aromatic heterocycles. The van der Waals surface area contributed by atoms with Crippen LogP contribution in [-0.2, 0) is 0 Å². The van der Waals surface area contributed by atoms with Crippen LogP contribution in [0.5, 0.6) is 0 Å². The third kappa shape index (κ3) is 3.25. The van der Waals surface area contributed by atoms with E-state index in [2.05, 4.69) is 10.2 Å². The number of anilines is 1. The summed E-state index contributed by atoms with van der Waals surface area (Å²) in [6, 6.07) is 14.9. The molecule has 2 aromatic carbocycles. The summed E-state index contributed by atoms with van der Waals surface area (Å²) in [5, 5.41) is 8.29. The van der Waals surface area contributed by atoms with Gasteiger partial charge in [0.2, 0.25) is 0 Å². The van der Waals surface area contributed by atoms with Gasteiger partial charge in [-0.15, -0.1) is 5.11 Å². The Balaban J connectivity index is 2.35. The van der Waals surface area contributed by atoms with E-state index in [0.717, 1.165) is 17.7 Å². The van der Waals surface area contributed by atoms with Crippen LogP contribution in [0.15, 0.2) is 58.8 Å². The van der Waals surface area contributed by atoms with Crippen LogP contribution in [0.25, 0.3) is 0 Å². The van der Waals surface area contributed by atoms with Gasteiger partial charge in [-0.25, -0.2) is 0 Å². The molecule has 0 amide bonds.